The quantitative estimate of drug-likeness (QED) is 0.887. The zero-order valence-corrected chi connectivity index (χ0v) is 11.8. The summed E-state index contributed by atoms with van der Waals surface area (Å²) in [6, 6.07) is 14.4. The van der Waals surface area contributed by atoms with Crippen molar-refractivity contribution < 1.29 is 9.53 Å². The molecule has 0 aliphatic carbocycles. The van der Waals surface area contributed by atoms with E-state index in [1.807, 2.05) is 12.1 Å². The molecule has 2 aromatic rings. The SMILES string of the molecule is COc1ccc(NC(=O)CNc2ccc(Cl)cc2)cc1. The number of hydrogen-bond donors (Lipinski definition) is 2. The Morgan fingerprint density at radius 1 is 1.05 bits per heavy atom. The van der Waals surface area contributed by atoms with Gasteiger partial charge in [-0.25, -0.2) is 0 Å². The Bertz CT molecular complexity index is 567. The summed E-state index contributed by atoms with van der Waals surface area (Å²) in [5, 5.41) is 6.48. The van der Waals surface area contributed by atoms with Gasteiger partial charge in [-0.05, 0) is 48.5 Å². The van der Waals surface area contributed by atoms with Crippen LogP contribution in [0.1, 0.15) is 0 Å². The number of hydrogen-bond acceptors (Lipinski definition) is 3. The molecule has 0 aromatic heterocycles. The predicted molar refractivity (Wildman–Crippen MR) is 81.6 cm³/mol. The van der Waals surface area contributed by atoms with E-state index in [1.165, 1.54) is 0 Å². The highest BCUT2D eigenvalue weighted by molar-refractivity contribution is 6.30. The van der Waals surface area contributed by atoms with Crippen molar-refractivity contribution in [1.29, 1.82) is 0 Å². The van der Waals surface area contributed by atoms with Crippen LogP contribution in [0.4, 0.5) is 11.4 Å². The maximum absolute atomic E-state index is 11.8. The molecule has 20 heavy (non-hydrogen) atoms. The lowest BCUT2D eigenvalue weighted by Gasteiger charge is -2.08. The van der Waals surface area contributed by atoms with E-state index in [2.05, 4.69) is 10.6 Å². The van der Waals surface area contributed by atoms with Gasteiger partial charge in [0.05, 0.1) is 13.7 Å². The lowest BCUT2D eigenvalue weighted by atomic mass is 10.3. The Kier molecular flexibility index (Phi) is 4.85. The standard InChI is InChI=1S/C15H15ClN2O2/c1-20-14-8-6-13(7-9-14)18-15(19)10-17-12-4-2-11(16)3-5-12/h2-9,17H,10H2,1H3,(H,18,19). The summed E-state index contributed by atoms with van der Waals surface area (Å²) in [5.41, 5.74) is 1.58. The van der Waals surface area contributed by atoms with E-state index in [0.717, 1.165) is 17.1 Å². The average Bonchev–Trinajstić information content (AvgIpc) is 2.47. The second-order valence-electron chi connectivity index (χ2n) is 4.14. The number of carbonyl (C=O) groups excluding carboxylic acids is 1. The topological polar surface area (TPSA) is 50.4 Å². The molecule has 2 N–H and O–H groups in total. The first-order valence-corrected chi connectivity index (χ1v) is 6.48. The van der Waals surface area contributed by atoms with Gasteiger partial charge < -0.3 is 15.4 Å². The number of anilines is 2. The van der Waals surface area contributed by atoms with E-state index in [0.29, 0.717) is 5.02 Å². The van der Waals surface area contributed by atoms with Crippen LogP contribution in [0.25, 0.3) is 0 Å². The van der Waals surface area contributed by atoms with Crippen LogP contribution < -0.4 is 15.4 Å². The van der Waals surface area contributed by atoms with Crippen LogP contribution >= 0.6 is 11.6 Å². The number of carbonyl (C=O) groups is 1. The normalized spacial score (nSPS) is 9.90. The zero-order valence-electron chi connectivity index (χ0n) is 11.0. The Labute approximate surface area is 122 Å². The van der Waals surface area contributed by atoms with Gasteiger partial charge in [-0.2, -0.15) is 0 Å². The van der Waals surface area contributed by atoms with Crippen LogP contribution in [0.15, 0.2) is 48.5 Å². The van der Waals surface area contributed by atoms with Gasteiger partial charge in [-0.1, -0.05) is 11.6 Å². The third-order valence-corrected chi connectivity index (χ3v) is 2.92. The second-order valence-corrected chi connectivity index (χ2v) is 4.57. The molecule has 104 valence electrons. The van der Waals surface area contributed by atoms with E-state index < -0.39 is 0 Å². The maximum atomic E-state index is 11.8. The van der Waals surface area contributed by atoms with Gasteiger partial charge in [-0.3, -0.25) is 4.79 Å². The maximum Gasteiger partial charge on any atom is 0.243 e. The molecular formula is C15H15ClN2O2. The molecular weight excluding hydrogens is 276 g/mol. The summed E-state index contributed by atoms with van der Waals surface area (Å²) in [6.07, 6.45) is 0. The number of methoxy groups -OCH3 is 1. The van der Waals surface area contributed by atoms with Crippen LogP contribution in [0.5, 0.6) is 5.75 Å². The van der Waals surface area contributed by atoms with Crippen molar-refractivity contribution in [3.05, 3.63) is 53.6 Å². The van der Waals surface area contributed by atoms with Crippen molar-refractivity contribution in [2.75, 3.05) is 24.3 Å². The predicted octanol–water partition coefficient (Wildman–Crippen LogP) is 3.40. The number of benzene rings is 2. The van der Waals surface area contributed by atoms with Gasteiger partial charge in [-0.15, -0.1) is 0 Å². The molecule has 0 radical (unpaired) electrons. The van der Waals surface area contributed by atoms with Crippen LogP contribution in [0.3, 0.4) is 0 Å². The fraction of sp³-hybridized carbons (Fsp3) is 0.133. The highest BCUT2D eigenvalue weighted by atomic mass is 35.5. The van der Waals surface area contributed by atoms with E-state index in [9.17, 15) is 4.79 Å². The van der Waals surface area contributed by atoms with Gasteiger partial charge in [0.15, 0.2) is 0 Å². The molecule has 0 saturated heterocycles. The zero-order chi connectivity index (χ0) is 14.4. The van der Waals surface area contributed by atoms with Crippen molar-refractivity contribution in [1.82, 2.24) is 0 Å². The van der Waals surface area contributed by atoms with E-state index >= 15 is 0 Å². The highest BCUT2D eigenvalue weighted by Gasteiger charge is 2.02. The van der Waals surface area contributed by atoms with Crippen LogP contribution in [0.2, 0.25) is 5.02 Å². The first kappa shape index (κ1) is 14.2. The van der Waals surface area contributed by atoms with Gasteiger partial charge in [0.2, 0.25) is 5.91 Å². The number of amides is 1. The molecule has 0 atom stereocenters. The minimum atomic E-state index is -0.120. The van der Waals surface area contributed by atoms with Crippen molar-refractivity contribution in [2.24, 2.45) is 0 Å². The van der Waals surface area contributed by atoms with Gasteiger partial charge in [0.1, 0.15) is 5.75 Å². The molecule has 0 bridgehead atoms. The monoisotopic (exact) mass is 290 g/mol. The van der Waals surface area contributed by atoms with Crippen molar-refractivity contribution in [2.45, 2.75) is 0 Å². The first-order valence-electron chi connectivity index (χ1n) is 6.11. The van der Waals surface area contributed by atoms with Crippen molar-refractivity contribution >= 4 is 28.9 Å². The van der Waals surface area contributed by atoms with E-state index in [1.54, 1.807) is 43.5 Å². The Morgan fingerprint density at radius 2 is 1.65 bits per heavy atom. The van der Waals surface area contributed by atoms with Crippen molar-refractivity contribution in [3.8, 4) is 5.75 Å². The van der Waals surface area contributed by atoms with E-state index in [-0.39, 0.29) is 12.5 Å². The fourth-order valence-corrected chi connectivity index (χ4v) is 1.76. The summed E-state index contributed by atoms with van der Waals surface area (Å²) in [5.74, 6) is 0.632. The average molecular weight is 291 g/mol. The molecule has 0 aliphatic rings. The summed E-state index contributed by atoms with van der Waals surface area (Å²) >= 11 is 5.79. The van der Waals surface area contributed by atoms with Gasteiger partial charge in [0, 0.05) is 16.4 Å². The molecule has 0 fully saturated rings. The van der Waals surface area contributed by atoms with Gasteiger partial charge >= 0.3 is 0 Å². The summed E-state index contributed by atoms with van der Waals surface area (Å²) in [6.45, 7) is 0.188. The van der Waals surface area contributed by atoms with E-state index in [4.69, 9.17) is 16.3 Å². The van der Waals surface area contributed by atoms with Crippen LogP contribution in [-0.2, 0) is 4.79 Å². The van der Waals surface area contributed by atoms with Gasteiger partial charge in [0.25, 0.3) is 0 Å². The van der Waals surface area contributed by atoms with Crippen LogP contribution in [0, 0.1) is 0 Å². The molecule has 1 amide bonds. The smallest absolute Gasteiger partial charge is 0.243 e. The third-order valence-electron chi connectivity index (χ3n) is 2.67. The number of rotatable bonds is 5. The largest absolute Gasteiger partial charge is 0.497 e. The Morgan fingerprint density at radius 3 is 2.25 bits per heavy atom. The lowest BCUT2D eigenvalue weighted by Crippen LogP contribution is -2.21. The highest BCUT2D eigenvalue weighted by Crippen LogP contribution is 2.15. The molecule has 0 saturated carbocycles. The number of nitrogens with one attached hydrogen (secondary N) is 2. The summed E-state index contributed by atoms with van der Waals surface area (Å²) < 4.78 is 5.05. The minimum absolute atomic E-state index is 0.120. The Balaban J connectivity index is 1.84. The lowest BCUT2D eigenvalue weighted by molar-refractivity contribution is -0.114. The first-order chi connectivity index (χ1) is 9.67. The molecule has 0 spiro atoms. The molecule has 2 rings (SSSR count). The molecule has 0 aliphatic heterocycles. The summed E-state index contributed by atoms with van der Waals surface area (Å²) in [4.78, 5) is 11.8. The van der Waals surface area contributed by atoms with Crippen LogP contribution in [-0.4, -0.2) is 19.6 Å². The number of halogens is 1. The summed E-state index contributed by atoms with van der Waals surface area (Å²) in [7, 11) is 1.60. The minimum Gasteiger partial charge on any atom is -0.497 e. The fourth-order valence-electron chi connectivity index (χ4n) is 1.63. The second kappa shape index (κ2) is 6.82. The van der Waals surface area contributed by atoms with Crippen molar-refractivity contribution in [3.63, 3.8) is 0 Å². The molecule has 5 heteroatoms. The molecule has 4 nitrogen and oxygen atoms in total. The third kappa shape index (κ3) is 4.17. The molecule has 0 unspecified atom stereocenters. The molecule has 0 heterocycles. The Hall–Kier alpha value is -2.20. The molecule has 2 aromatic carbocycles. The number of ether oxygens (including phenoxy) is 1.